The minimum Gasteiger partial charge on any atom is -0.395 e. The average Bonchev–Trinajstić information content (AvgIpc) is 2.35. The number of hydrogen-bond donors (Lipinski definition) is 3. The molecule has 0 saturated heterocycles. The first kappa shape index (κ1) is 12.0. The Morgan fingerprint density at radius 3 is 2.21 bits per heavy atom. The summed E-state index contributed by atoms with van der Waals surface area (Å²) in [5.74, 6) is 0.630. The van der Waals surface area contributed by atoms with E-state index in [1.54, 1.807) is 0 Å². The summed E-state index contributed by atoms with van der Waals surface area (Å²) in [6, 6.07) is 0.283. The zero-order valence-corrected chi connectivity index (χ0v) is 9.45. The highest BCUT2D eigenvalue weighted by Crippen LogP contribution is 2.40. The summed E-state index contributed by atoms with van der Waals surface area (Å²) in [6.07, 6.45) is 2.35. The largest absolute Gasteiger partial charge is 0.395 e. The van der Waals surface area contributed by atoms with Crippen LogP contribution in [-0.4, -0.2) is 35.5 Å². The van der Waals surface area contributed by atoms with E-state index in [1.807, 2.05) is 0 Å². The minimum absolute atomic E-state index is 0.0140. The predicted octanol–water partition coefficient (Wildman–Crippen LogP) is 0.754. The van der Waals surface area contributed by atoms with Crippen LogP contribution in [0.1, 0.15) is 33.6 Å². The molecule has 1 aliphatic rings. The molecule has 0 bridgehead atoms. The van der Waals surface area contributed by atoms with Crippen LogP contribution < -0.4 is 5.32 Å². The standard InChI is InChI=1S/C11H23NO2/c1-8-4-11(2,3)5-10(8)12-9(6-13)7-14/h8-10,12-14H,4-7H2,1-3H3. The van der Waals surface area contributed by atoms with E-state index in [0.29, 0.717) is 17.4 Å². The third-order valence-corrected chi connectivity index (χ3v) is 3.22. The summed E-state index contributed by atoms with van der Waals surface area (Å²) in [7, 11) is 0. The smallest absolute Gasteiger partial charge is 0.0607 e. The van der Waals surface area contributed by atoms with Crippen LogP contribution in [0.3, 0.4) is 0 Å². The molecule has 2 atom stereocenters. The Bertz CT molecular complexity index is 178. The van der Waals surface area contributed by atoms with E-state index in [-0.39, 0.29) is 19.3 Å². The van der Waals surface area contributed by atoms with E-state index in [2.05, 4.69) is 26.1 Å². The van der Waals surface area contributed by atoms with Crippen molar-refractivity contribution in [2.24, 2.45) is 11.3 Å². The molecule has 3 N–H and O–H groups in total. The number of hydrogen-bond acceptors (Lipinski definition) is 3. The van der Waals surface area contributed by atoms with Gasteiger partial charge in [-0.15, -0.1) is 0 Å². The molecule has 1 saturated carbocycles. The normalized spacial score (nSPS) is 31.3. The van der Waals surface area contributed by atoms with Crippen molar-refractivity contribution in [3.8, 4) is 0 Å². The van der Waals surface area contributed by atoms with Gasteiger partial charge in [0.05, 0.1) is 19.3 Å². The number of rotatable bonds is 4. The van der Waals surface area contributed by atoms with Crippen molar-refractivity contribution in [1.29, 1.82) is 0 Å². The highest BCUT2D eigenvalue weighted by molar-refractivity contribution is 4.92. The summed E-state index contributed by atoms with van der Waals surface area (Å²) < 4.78 is 0. The Balaban J connectivity index is 2.45. The van der Waals surface area contributed by atoms with Crippen molar-refractivity contribution in [2.75, 3.05) is 13.2 Å². The molecule has 0 aromatic rings. The van der Waals surface area contributed by atoms with E-state index in [1.165, 1.54) is 6.42 Å². The lowest BCUT2D eigenvalue weighted by molar-refractivity contribution is 0.156. The Labute approximate surface area is 86.5 Å². The van der Waals surface area contributed by atoms with Crippen molar-refractivity contribution in [1.82, 2.24) is 5.32 Å². The Morgan fingerprint density at radius 2 is 1.86 bits per heavy atom. The average molecular weight is 201 g/mol. The third kappa shape index (κ3) is 2.94. The van der Waals surface area contributed by atoms with E-state index < -0.39 is 0 Å². The van der Waals surface area contributed by atoms with Crippen LogP contribution in [-0.2, 0) is 0 Å². The Kier molecular flexibility index (Phi) is 3.93. The lowest BCUT2D eigenvalue weighted by Crippen LogP contribution is -2.44. The second kappa shape index (κ2) is 4.60. The quantitative estimate of drug-likeness (QED) is 0.629. The lowest BCUT2D eigenvalue weighted by Gasteiger charge is -2.23. The highest BCUT2D eigenvalue weighted by atomic mass is 16.3. The summed E-state index contributed by atoms with van der Waals surface area (Å²) >= 11 is 0. The summed E-state index contributed by atoms with van der Waals surface area (Å²) in [5.41, 5.74) is 0.395. The Hall–Kier alpha value is -0.120. The molecule has 0 heterocycles. The highest BCUT2D eigenvalue weighted by Gasteiger charge is 2.37. The van der Waals surface area contributed by atoms with E-state index in [4.69, 9.17) is 10.2 Å². The fourth-order valence-electron chi connectivity index (χ4n) is 2.58. The number of aliphatic hydroxyl groups is 2. The van der Waals surface area contributed by atoms with Crippen LogP contribution in [0.4, 0.5) is 0 Å². The van der Waals surface area contributed by atoms with Crippen molar-refractivity contribution >= 4 is 0 Å². The molecule has 84 valence electrons. The van der Waals surface area contributed by atoms with Crippen LogP contribution in [0.15, 0.2) is 0 Å². The van der Waals surface area contributed by atoms with E-state index >= 15 is 0 Å². The molecule has 0 amide bonds. The molecule has 0 aromatic heterocycles. The third-order valence-electron chi connectivity index (χ3n) is 3.22. The first-order valence-corrected chi connectivity index (χ1v) is 5.46. The predicted molar refractivity (Wildman–Crippen MR) is 57.1 cm³/mol. The van der Waals surface area contributed by atoms with Crippen LogP contribution >= 0.6 is 0 Å². The van der Waals surface area contributed by atoms with Gasteiger partial charge in [0.2, 0.25) is 0 Å². The van der Waals surface area contributed by atoms with Gasteiger partial charge >= 0.3 is 0 Å². The molecule has 0 radical (unpaired) electrons. The van der Waals surface area contributed by atoms with Gasteiger partial charge < -0.3 is 15.5 Å². The first-order valence-electron chi connectivity index (χ1n) is 5.46. The maximum Gasteiger partial charge on any atom is 0.0607 e. The van der Waals surface area contributed by atoms with Crippen molar-refractivity contribution in [3.63, 3.8) is 0 Å². The van der Waals surface area contributed by atoms with Gasteiger partial charge in [0.25, 0.3) is 0 Å². The monoisotopic (exact) mass is 201 g/mol. The fourth-order valence-corrected chi connectivity index (χ4v) is 2.58. The summed E-state index contributed by atoms with van der Waals surface area (Å²) in [6.45, 7) is 6.81. The maximum absolute atomic E-state index is 8.98. The molecule has 1 fully saturated rings. The number of aliphatic hydroxyl groups excluding tert-OH is 2. The molecular formula is C11H23NO2. The fraction of sp³-hybridized carbons (Fsp3) is 1.00. The topological polar surface area (TPSA) is 52.5 Å². The summed E-state index contributed by atoms with van der Waals surface area (Å²) in [4.78, 5) is 0. The molecule has 0 aliphatic heterocycles. The second-order valence-corrected chi connectivity index (χ2v) is 5.38. The van der Waals surface area contributed by atoms with Crippen LogP contribution in [0.2, 0.25) is 0 Å². The number of nitrogens with one attached hydrogen (secondary N) is 1. The van der Waals surface area contributed by atoms with Gasteiger partial charge in [-0.2, -0.15) is 0 Å². The van der Waals surface area contributed by atoms with Gasteiger partial charge in [-0.1, -0.05) is 20.8 Å². The van der Waals surface area contributed by atoms with Crippen molar-refractivity contribution in [3.05, 3.63) is 0 Å². The van der Waals surface area contributed by atoms with Gasteiger partial charge in [-0.3, -0.25) is 0 Å². The molecule has 3 heteroatoms. The van der Waals surface area contributed by atoms with Gasteiger partial charge in [0.1, 0.15) is 0 Å². The van der Waals surface area contributed by atoms with E-state index in [9.17, 15) is 0 Å². The second-order valence-electron chi connectivity index (χ2n) is 5.38. The molecule has 14 heavy (non-hydrogen) atoms. The maximum atomic E-state index is 8.98. The van der Waals surface area contributed by atoms with Crippen LogP contribution in [0.25, 0.3) is 0 Å². The van der Waals surface area contributed by atoms with Gasteiger partial charge in [-0.25, -0.2) is 0 Å². The molecule has 0 spiro atoms. The zero-order valence-electron chi connectivity index (χ0n) is 9.45. The lowest BCUT2D eigenvalue weighted by atomic mass is 9.91. The van der Waals surface area contributed by atoms with Gasteiger partial charge in [0.15, 0.2) is 0 Å². The molecular weight excluding hydrogens is 178 g/mol. The van der Waals surface area contributed by atoms with Crippen LogP contribution in [0, 0.1) is 11.3 Å². The van der Waals surface area contributed by atoms with Crippen molar-refractivity contribution in [2.45, 2.75) is 45.7 Å². The molecule has 2 unspecified atom stereocenters. The SMILES string of the molecule is CC1CC(C)(C)CC1NC(CO)CO. The minimum atomic E-state index is -0.156. The van der Waals surface area contributed by atoms with E-state index in [0.717, 1.165) is 6.42 Å². The van der Waals surface area contributed by atoms with Gasteiger partial charge in [0, 0.05) is 6.04 Å². The van der Waals surface area contributed by atoms with Gasteiger partial charge in [-0.05, 0) is 24.2 Å². The van der Waals surface area contributed by atoms with Crippen LogP contribution in [0.5, 0.6) is 0 Å². The molecule has 1 rings (SSSR count). The first-order chi connectivity index (χ1) is 6.48. The van der Waals surface area contributed by atoms with Crippen molar-refractivity contribution < 1.29 is 10.2 Å². The molecule has 3 nitrogen and oxygen atoms in total. The summed E-state index contributed by atoms with van der Waals surface area (Å²) in [5, 5.41) is 21.3. The zero-order chi connectivity index (χ0) is 10.8. The molecule has 1 aliphatic carbocycles. The molecule has 0 aromatic carbocycles. The Morgan fingerprint density at radius 1 is 1.29 bits per heavy atom.